The van der Waals surface area contributed by atoms with Crippen molar-refractivity contribution >= 4 is 50.5 Å². The lowest BCUT2D eigenvalue weighted by atomic mass is 10.00. The number of nitrogens with zero attached hydrogens (tertiary/aromatic N) is 5. The molecule has 1 atom stereocenters. The Morgan fingerprint density at radius 1 is 1.09 bits per heavy atom. The molecule has 240 valence electrons. The quantitative estimate of drug-likeness (QED) is 0.189. The Labute approximate surface area is 272 Å². The molecule has 0 bridgehead atoms. The minimum Gasteiger partial charge on any atom is -0.426 e. The molecular weight excluding hydrogens is 699 g/mol. The lowest BCUT2D eigenvalue weighted by molar-refractivity contribution is -0.360. The van der Waals surface area contributed by atoms with Gasteiger partial charge >= 0.3 is 18.3 Å². The minimum absolute atomic E-state index is 0.0875. The van der Waals surface area contributed by atoms with E-state index in [1.165, 1.54) is 39.8 Å². The summed E-state index contributed by atoms with van der Waals surface area (Å²) in [7, 11) is 0. The number of hydrogen-bond acceptors (Lipinski definition) is 6. The predicted molar refractivity (Wildman–Crippen MR) is 166 cm³/mol. The number of benzene rings is 3. The summed E-state index contributed by atoms with van der Waals surface area (Å²) < 4.78 is 69.4. The fourth-order valence-corrected chi connectivity index (χ4v) is 5.55. The number of rotatable bonds is 8. The van der Waals surface area contributed by atoms with E-state index in [2.05, 4.69) is 41.1 Å². The highest BCUT2D eigenvalue weighted by molar-refractivity contribution is 9.10. The van der Waals surface area contributed by atoms with Crippen molar-refractivity contribution in [2.24, 2.45) is 4.99 Å². The van der Waals surface area contributed by atoms with Gasteiger partial charge in [0.2, 0.25) is 5.91 Å². The number of alkyl halides is 5. The summed E-state index contributed by atoms with van der Waals surface area (Å²) in [5.41, 5.74) is 3.47. The number of carbonyl (C=O) groups excluding carboxylic acids is 2. The zero-order valence-electron chi connectivity index (χ0n) is 24.1. The normalized spacial score (nSPS) is 15.3. The topological polar surface area (TPSA) is 102 Å². The summed E-state index contributed by atoms with van der Waals surface area (Å²) >= 11 is 4.61. The van der Waals surface area contributed by atoms with Gasteiger partial charge in [0, 0.05) is 16.6 Å². The molecule has 0 saturated carbocycles. The second-order valence-corrected chi connectivity index (χ2v) is 12.0. The van der Waals surface area contributed by atoms with Crippen molar-refractivity contribution in [3.63, 3.8) is 0 Å². The molecule has 1 unspecified atom stereocenters. The molecule has 1 N–H and O–H groups in total. The van der Waals surface area contributed by atoms with Crippen molar-refractivity contribution in [3.05, 3.63) is 88.7 Å². The molecule has 46 heavy (non-hydrogen) atoms. The number of urea groups is 1. The van der Waals surface area contributed by atoms with Crippen molar-refractivity contribution in [1.82, 2.24) is 20.1 Å². The molecule has 3 amide bonds. The van der Waals surface area contributed by atoms with Crippen LogP contribution in [0.25, 0.3) is 17.1 Å². The first-order valence-corrected chi connectivity index (χ1v) is 15.3. The number of carbonyl (C=O) groups is 2. The minimum atomic E-state index is -5.84. The zero-order chi connectivity index (χ0) is 33.2. The number of thioether (sulfide) groups is 1. The lowest BCUT2D eigenvalue weighted by Crippen LogP contribution is -2.41. The van der Waals surface area contributed by atoms with E-state index in [4.69, 9.17) is 0 Å². The summed E-state index contributed by atoms with van der Waals surface area (Å²) in [5, 5.41) is 7.45. The van der Waals surface area contributed by atoms with Gasteiger partial charge in [0.1, 0.15) is 12.1 Å². The summed E-state index contributed by atoms with van der Waals surface area (Å²) in [5.74, 6) is -0.381. The van der Waals surface area contributed by atoms with Crippen LogP contribution >= 0.6 is 27.7 Å². The van der Waals surface area contributed by atoms with Gasteiger partial charge in [0.05, 0.1) is 17.1 Å². The fraction of sp³-hybridized carbons (Fsp3) is 0.233. The van der Waals surface area contributed by atoms with Crippen molar-refractivity contribution in [2.45, 2.75) is 32.1 Å². The number of aryl methyl sites for hydroxylation is 1. The highest BCUT2D eigenvalue weighted by Crippen LogP contribution is 2.37. The number of ether oxygens (including phenoxy) is 1. The first-order chi connectivity index (χ1) is 21.7. The number of aromatic nitrogens is 3. The molecule has 1 aliphatic rings. The van der Waals surface area contributed by atoms with E-state index in [1.54, 1.807) is 12.1 Å². The molecule has 3 aromatic carbocycles. The van der Waals surface area contributed by atoms with Gasteiger partial charge in [-0.3, -0.25) is 9.69 Å². The maximum Gasteiger partial charge on any atom is 0.499 e. The number of halogens is 6. The molecule has 1 saturated heterocycles. The Hall–Kier alpha value is -4.31. The van der Waals surface area contributed by atoms with Crippen LogP contribution in [-0.4, -0.2) is 56.5 Å². The molecule has 0 radical (unpaired) electrons. The molecule has 5 rings (SSSR count). The van der Waals surface area contributed by atoms with E-state index < -0.39 is 24.1 Å². The molecule has 16 heteroatoms. The number of nitrogens with one attached hydrogen (secondary N) is 1. The van der Waals surface area contributed by atoms with Crippen LogP contribution in [-0.2, 0) is 4.79 Å². The van der Waals surface area contributed by atoms with Crippen LogP contribution in [0.2, 0.25) is 0 Å². The van der Waals surface area contributed by atoms with Crippen molar-refractivity contribution in [1.29, 1.82) is 0 Å². The van der Waals surface area contributed by atoms with Gasteiger partial charge in [-0.15, -0.1) is 5.10 Å². The third-order valence-electron chi connectivity index (χ3n) is 6.84. The van der Waals surface area contributed by atoms with E-state index in [9.17, 15) is 31.5 Å². The highest BCUT2D eigenvalue weighted by atomic mass is 79.9. The Morgan fingerprint density at radius 2 is 1.78 bits per heavy atom. The van der Waals surface area contributed by atoms with Crippen LogP contribution < -0.4 is 15.0 Å². The van der Waals surface area contributed by atoms with Gasteiger partial charge in [-0.1, -0.05) is 64.9 Å². The Balaban J connectivity index is 1.19. The van der Waals surface area contributed by atoms with Crippen molar-refractivity contribution in [3.8, 4) is 22.8 Å². The van der Waals surface area contributed by atoms with Crippen LogP contribution in [0.15, 0.2) is 82.5 Å². The summed E-state index contributed by atoms with van der Waals surface area (Å²) in [6, 6.07) is 16.8. The SMILES string of the molecule is Cc1ccc(Br)cc1N1C(=O)CSC1=NC(=O)NCC(C)c1ccc(-c2ncn(-c3ccc(OC(F)(F)C(F)(F)F)cc3)n2)cc1. The van der Waals surface area contributed by atoms with Gasteiger partial charge in [-0.25, -0.2) is 14.5 Å². The van der Waals surface area contributed by atoms with Crippen LogP contribution in [0.5, 0.6) is 5.75 Å². The van der Waals surface area contributed by atoms with Crippen LogP contribution in [0.1, 0.15) is 24.0 Å². The van der Waals surface area contributed by atoms with Crippen LogP contribution in [0.3, 0.4) is 0 Å². The van der Waals surface area contributed by atoms with Gasteiger partial charge in [-0.2, -0.15) is 26.9 Å². The van der Waals surface area contributed by atoms with Crippen LogP contribution in [0.4, 0.5) is 32.4 Å². The van der Waals surface area contributed by atoms with Crippen LogP contribution in [0, 0.1) is 6.92 Å². The number of amidine groups is 1. The predicted octanol–water partition coefficient (Wildman–Crippen LogP) is 7.49. The third kappa shape index (κ3) is 7.39. The zero-order valence-corrected chi connectivity index (χ0v) is 26.5. The fourth-order valence-electron chi connectivity index (χ4n) is 4.34. The largest absolute Gasteiger partial charge is 0.499 e. The smallest absolute Gasteiger partial charge is 0.426 e. The molecule has 4 aromatic rings. The Bertz CT molecular complexity index is 1780. The number of amides is 3. The van der Waals surface area contributed by atoms with Crippen molar-refractivity contribution in [2.75, 3.05) is 17.2 Å². The maximum atomic E-state index is 13.1. The van der Waals surface area contributed by atoms with Gasteiger partial charge in [-0.05, 0) is 60.4 Å². The van der Waals surface area contributed by atoms with E-state index in [1.807, 2.05) is 44.2 Å². The standard InChI is InChI=1S/C30H24BrF5N6O3S/c1-17-3-8-21(31)13-24(17)42-25(43)15-46-28(42)39-27(44)37-14-18(2)19-4-6-20(7-5-19)26-38-16-41(40-26)22-9-11-23(12-10-22)45-30(35,36)29(32,33)34/h3-13,16,18H,14-15H2,1-2H3,(H,37,44). The summed E-state index contributed by atoms with van der Waals surface area (Å²) in [4.78, 5) is 35.1. The lowest BCUT2D eigenvalue weighted by Gasteiger charge is -2.20. The first kappa shape index (κ1) is 33.1. The van der Waals surface area contributed by atoms with Gasteiger partial charge in [0.25, 0.3) is 0 Å². The van der Waals surface area contributed by atoms with Gasteiger partial charge < -0.3 is 10.1 Å². The second kappa shape index (κ2) is 13.2. The first-order valence-electron chi connectivity index (χ1n) is 13.6. The molecule has 9 nitrogen and oxygen atoms in total. The molecule has 2 heterocycles. The van der Waals surface area contributed by atoms with E-state index in [0.717, 1.165) is 27.7 Å². The average Bonchev–Trinajstić information content (AvgIpc) is 3.64. The van der Waals surface area contributed by atoms with Crippen molar-refractivity contribution < 1.29 is 36.3 Å². The number of aliphatic imine (C=N–C) groups is 1. The van der Waals surface area contributed by atoms with E-state index in [-0.39, 0.29) is 24.1 Å². The molecular formula is C30H24BrF5N6O3S. The third-order valence-corrected chi connectivity index (χ3v) is 8.26. The molecule has 1 aliphatic heterocycles. The Morgan fingerprint density at radius 3 is 2.46 bits per heavy atom. The number of hydrogen-bond donors (Lipinski definition) is 1. The second-order valence-electron chi connectivity index (χ2n) is 10.2. The summed E-state index contributed by atoms with van der Waals surface area (Å²) in [6.07, 6.45) is -9.79. The highest BCUT2D eigenvalue weighted by Gasteiger charge is 2.61. The molecule has 0 aliphatic carbocycles. The average molecular weight is 724 g/mol. The molecule has 0 spiro atoms. The molecule has 1 fully saturated rings. The maximum absolute atomic E-state index is 13.1. The molecule has 1 aromatic heterocycles. The summed E-state index contributed by atoms with van der Waals surface area (Å²) in [6.45, 7) is 4.09. The van der Waals surface area contributed by atoms with E-state index >= 15 is 0 Å². The van der Waals surface area contributed by atoms with E-state index in [0.29, 0.717) is 27.9 Å². The number of anilines is 1. The Kier molecular flexibility index (Phi) is 9.49. The monoisotopic (exact) mass is 722 g/mol. The van der Waals surface area contributed by atoms with Gasteiger partial charge in [0.15, 0.2) is 11.0 Å².